The Morgan fingerprint density at radius 2 is 1.56 bits per heavy atom. The van der Waals surface area contributed by atoms with E-state index >= 15 is 0 Å². The summed E-state index contributed by atoms with van der Waals surface area (Å²) in [4.78, 5) is 25.8. The quantitative estimate of drug-likeness (QED) is 0.404. The van der Waals surface area contributed by atoms with Gasteiger partial charge >= 0.3 is 0 Å². The van der Waals surface area contributed by atoms with E-state index in [4.69, 9.17) is 0 Å². The zero-order chi connectivity index (χ0) is 19.7. The largest absolute Gasteiger partial charge is 0.507 e. The van der Waals surface area contributed by atoms with Crippen molar-refractivity contribution in [3.63, 3.8) is 0 Å². The third kappa shape index (κ3) is 2.31. The van der Waals surface area contributed by atoms with Gasteiger partial charge in [-0.2, -0.15) is 0 Å². The first kappa shape index (κ1) is 18.1. The molecule has 0 saturated carbocycles. The third-order valence-electron chi connectivity index (χ3n) is 5.58. The molecule has 0 heterocycles. The minimum Gasteiger partial charge on any atom is -0.507 e. The monoisotopic (exact) mass is 434 g/mol. The minimum absolute atomic E-state index is 0.0926. The molecular formula is C20H16BrFO5. The number of carbonyl (C=O) groups is 2. The Balaban J connectivity index is 2.00. The summed E-state index contributed by atoms with van der Waals surface area (Å²) in [5, 5.41) is 31.5. The number of phenols is 2. The normalized spacial score (nSPS) is 24.8. The lowest BCUT2D eigenvalue weighted by molar-refractivity contribution is 0.0892. The number of fused-ring (bicyclic) bond motifs is 3. The standard InChI is InChI=1S/C20H16BrFO5/c1-8(23)20(21)7-12-11(6-13(20)22)18(26)14-15(19(12)27)17(25)10-5-3-2-4-9(10)16(14)24/h2-5,8,13,23,26-27H,6-7H2,1H3. The Kier molecular flexibility index (Phi) is 3.94. The number of halogens is 2. The Labute approximate surface area is 162 Å². The van der Waals surface area contributed by atoms with Crippen LogP contribution in [-0.2, 0) is 12.8 Å². The number of hydrogen-bond donors (Lipinski definition) is 3. The number of aromatic hydroxyl groups is 2. The summed E-state index contributed by atoms with van der Waals surface area (Å²) in [6.07, 6.45) is -3.09. The molecule has 3 atom stereocenters. The molecule has 2 aromatic rings. The molecule has 0 aromatic heterocycles. The van der Waals surface area contributed by atoms with Gasteiger partial charge in [0.1, 0.15) is 17.7 Å². The van der Waals surface area contributed by atoms with Gasteiger partial charge < -0.3 is 15.3 Å². The highest BCUT2D eigenvalue weighted by molar-refractivity contribution is 9.10. The first-order valence-electron chi connectivity index (χ1n) is 8.47. The fourth-order valence-corrected chi connectivity index (χ4v) is 4.41. The van der Waals surface area contributed by atoms with Gasteiger partial charge in [-0.05, 0) is 13.3 Å². The first-order valence-corrected chi connectivity index (χ1v) is 9.26. The van der Waals surface area contributed by atoms with Gasteiger partial charge in [-0.3, -0.25) is 9.59 Å². The van der Waals surface area contributed by atoms with Gasteiger partial charge in [-0.1, -0.05) is 40.2 Å². The summed E-state index contributed by atoms with van der Waals surface area (Å²) >= 11 is 3.23. The van der Waals surface area contributed by atoms with Gasteiger partial charge in [0.15, 0.2) is 11.6 Å². The molecule has 3 unspecified atom stereocenters. The zero-order valence-electron chi connectivity index (χ0n) is 14.3. The molecule has 2 aromatic carbocycles. The number of phenolic OH excluding ortho intramolecular Hbond substituents is 2. The van der Waals surface area contributed by atoms with Crippen molar-refractivity contribution in [1.29, 1.82) is 0 Å². The van der Waals surface area contributed by atoms with E-state index in [9.17, 15) is 29.3 Å². The van der Waals surface area contributed by atoms with Crippen molar-refractivity contribution < 1.29 is 29.3 Å². The van der Waals surface area contributed by atoms with Crippen molar-refractivity contribution in [1.82, 2.24) is 0 Å². The van der Waals surface area contributed by atoms with Crippen LogP contribution in [0.2, 0.25) is 0 Å². The Bertz CT molecular complexity index is 1020. The number of rotatable bonds is 1. The molecule has 2 aliphatic carbocycles. The fourth-order valence-electron chi connectivity index (χ4n) is 3.97. The van der Waals surface area contributed by atoms with E-state index < -0.39 is 39.7 Å². The van der Waals surface area contributed by atoms with Crippen molar-refractivity contribution in [2.75, 3.05) is 0 Å². The van der Waals surface area contributed by atoms with E-state index in [-0.39, 0.29) is 46.2 Å². The van der Waals surface area contributed by atoms with Crippen LogP contribution in [0, 0.1) is 0 Å². The third-order valence-corrected chi connectivity index (χ3v) is 7.02. The van der Waals surface area contributed by atoms with E-state index in [1.807, 2.05) is 0 Å². The average Bonchev–Trinajstić information content (AvgIpc) is 2.64. The van der Waals surface area contributed by atoms with Crippen LogP contribution in [-0.4, -0.2) is 43.5 Å². The minimum atomic E-state index is -1.56. The molecule has 3 N–H and O–H groups in total. The summed E-state index contributed by atoms with van der Waals surface area (Å²) in [5.41, 5.74) is -0.0250. The van der Waals surface area contributed by atoms with Crippen LogP contribution in [0.25, 0.3) is 0 Å². The maximum atomic E-state index is 14.8. The molecule has 2 aliphatic rings. The highest BCUT2D eigenvalue weighted by Gasteiger charge is 2.49. The summed E-state index contributed by atoms with van der Waals surface area (Å²) in [5.74, 6) is -2.08. The topological polar surface area (TPSA) is 94.8 Å². The number of aliphatic hydroxyl groups is 1. The summed E-state index contributed by atoms with van der Waals surface area (Å²) < 4.78 is 13.4. The van der Waals surface area contributed by atoms with Crippen molar-refractivity contribution in [2.24, 2.45) is 0 Å². The fraction of sp³-hybridized carbons (Fsp3) is 0.300. The van der Waals surface area contributed by atoms with Crippen molar-refractivity contribution >= 4 is 27.5 Å². The highest BCUT2D eigenvalue weighted by atomic mass is 79.9. The Morgan fingerprint density at radius 3 is 2.04 bits per heavy atom. The maximum absolute atomic E-state index is 14.8. The molecular weight excluding hydrogens is 419 g/mol. The molecule has 0 saturated heterocycles. The lowest BCUT2D eigenvalue weighted by atomic mass is 9.74. The predicted molar refractivity (Wildman–Crippen MR) is 98.7 cm³/mol. The zero-order valence-corrected chi connectivity index (χ0v) is 15.9. The lowest BCUT2D eigenvalue weighted by Gasteiger charge is -2.39. The maximum Gasteiger partial charge on any atom is 0.198 e. The van der Waals surface area contributed by atoms with Gasteiger partial charge in [0.2, 0.25) is 0 Å². The molecule has 7 heteroatoms. The summed E-state index contributed by atoms with van der Waals surface area (Å²) in [6.45, 7) is 1.42. The van der Waals surface area contributed by atoms with Gasteiger partial charge in [0.25, 0.3) is 0 Å². The molecule has 5 nitrogen and oxygen atoms in total. The highest BCUT2D eigenvalue weighted by Crippen LogP contribution is 2.50. The summed E-state index contributed by atoms with van der Waals surface area (Å²) in [6, 6.07) is 6.17. The second-order valence-corrected chi connectivity index (χ2v) is 8.54. The number of ketones is 2. The lowest BCUT2D eigenvalue weighted by Crippen LogP contribution is -2.49. The number of carbonyl (C=O) groups excluding carboxylic acids is 2. The van der Waals surface area contributed by atoms with Crippen molar-refractivity contribution in [3.05, 3.63) is 57.6 Å². The van der Waals surface area contributed by atoms with E-state index in [0.29, 0.717) is 0 Å². The van der Waals surface area contributed by atoms with E-state index in [0.717, 1.165) is 0 Å². The van der Waals surface area contributed by atoms with Crippen LogP contribution in [0.3, 0.4) is 0 Å². The Hall–Kier alpha value is -2.25. The van der Waals surface area contributed by atoms with Crippen LogP contribution in [0.5, 0.6) is 11.5 Å². The molecule has 0 radical (unpaired) electrons. The van der Waals surface area contributed by atoms with Gasteiger partial charge in [-0.25, -0.2) is 4.39 Å². The number of hydrogen-bond acceptors (Lipinski definition) is 5. The van der Waals surface area contributed by atoms with Crippen LogP contribution in [0.4, 0.5) is 4.39 Å². The predicted octanol–water partition coefficient (Wildman–Crippen LogP) is 2.82. The van der Waals surface area contributed by atoms with Crippen LogP contribution >= 0.6 is 15.9 Å². The van der Waals surface area contributed by atoms with E-state index in [2.05, 4.69) is 15.9 Å². The number of alkyl halides is 2. The molecule has 0 bridgehead atoms. The molecule has 0 amide bonds. The number of aliphatic hydroxyl groups excluding tert-OH is 1. The molecule has 0 spiro atoms. The summed E-state index contributed by atoms with van der Waals surface area (Å²) in [7, 11) is 0. The molecule has 0 fully saturated rings. The van der Waals surface area contributed by atoms with Gasteiger partial charge in [0, 0.05) is 28.7 Å². The second-order valence-electron chi connectivity index (χ2n) is 7.06. The van der Waals surface area contributed by atoms with Crippen molar-refractivity contribution in [3.8, 4) is 11.5 Å². The molecule has 0 aliphatic heterocycles. The molecule has 4 rings (SSSR count). The smallest absolute Gasteiger partial charge is 0.198 e. The van der Waals surface area contributed by atoms with Gasteiger partial charge in [0.05, 0.1) is 21.6 Å². The van der Waals surface area contributed by atoms with Crippen LogP contribution in [0.15, 0.2) is 24.3 Å². The molecule has 27 heavy (non-hydrogen) atoms. The average molecular weight is 435 g/mol. The van der Waals surface area contributed by atoms with Crippen molar-refractivity contribution in [2.45, 2.75) is 36.4 Å². The van der Waals surface area contributed by atoms with Gasteiger partial charge in [-0.15, -0.1) is 0 Å². The SMILES string of the molecule is CC(O)C1(Br)Cc2c(O)c3c(c(O)c2CC1F)C(=O)c1ccccc1C3=O. The number of benzene rings is 2. The van der Waals surface area contributed by atoms with E-state index in [1.165, 1.54) is 19.1 Å². The van der Waals surface area contributed by atoms with Crippen LogP contribution in [0.1, 0.15) is 49.9 Å². The van der Waals surface area contributed by atoms with E-state index in [1.54, 1.807) is 12.1 Å². The second kappa shape index (κ2) is 5.87. The first-order chi connectivity index (χ1) is 12.7. The van der Waals surface area contributed by atoms with Crippen LogP contribution < -0.4 is 0 Å². The Morgan fingerprint density at radius 1 is 1.07 bits per heavy atom. The molecule has 140 valence electrons.